The number of hydrogen-bond acceptors (Lipinski definition) is 6. The molecule has 0 aliphatic heterocycles. The Balaban J connectivity index is 1.44. The fourth-order valence-electron chi connectivity index (χ4n) is 3.59. The average Bonchev–Trinajstić information content (AvgIpc) is 3.55. The molecule has 0 aliphatic carbocycles. The molecule has 168 valence electrons. The highest BCUT2D eigenvalue weighted by Gasteiger charge is 2.20. The minimum absolute atomic E-state index is 0.178. The molecule has 33 heavy (non-hydrogen) atoms. The van der Waals surface area contributed by atoms with Crippen LogP contribution >= 0.6 is 23.1 Å². The Labute approximate surface area is 201 Å². The van der Waals surface area contributed by atoms with Gasteiger partial charge in [0.15, 0.2) is 5.16 Å². The summed E-state index contributed by atoms with van der Waals surface area (Å²) in [6, 6.07) is 16.4. The van der Waals surface area contributed by atoms with Crippen LogP contribution in [0.3, 0.4) is 0 Å². The highest BCUT2D eigenvalue weighted by Crippen LogP contribution is 2.28. The number of nitriles is 1. The highest BCUT2D eigenvalue weighted by molar-refractivity contribution is 7.99. The van der Waals surface area contributed by atoms with Gasteiger partial charge in [0.1, 0.15) is 18.2 Å². The summed E-state index contributed by atoms with van der Waals surface area (Å²) < 4.78 is 3.96. The first-order valence-electron chi connectivity index (χ1n) is 10.5. The molecular formula is C24H24N6OS2. The van der Waals surface area contributed by atoms with Crippen LogP contribution in [0.15, 0.2) is 59.3 Å². The third-order valence-electron chi connectivity index (χ3n) is 5.47. The lowest BCUT2D eigenvalue weighted by Gasteiger charge is -2.13. The number of benzene rings is 1. The Bertz CT molecular complexity index is 1270. The molecule has 0 fully saturated rings. The maximum atomic E-state index is 12.8. The van der Waals surface area contributed by atoms with Crippen molar-refractivity contribution in [3.63, 3.8) is 0 Å². The van der Waals surface area contributed by atoms with Crippen LogP contribution in [-0.2, 0) is 24.3 Å². The van der Waals surface area contributed by atoms with Crippen LogP contribution in [0.25, 0.3) is 0 Å². The number of anilines is 1. The summed E-state index contributed by atoms with van der Waals surface area (Å²) in [5.74, 6) is 0.536. The van der Waals surface area contributed by atoms with Gasteiger partial charge in [-0.1, -0.05) is 48.2 Å². The molecule has 0 atom stereocenters. The van der Waals surface area contributed by atoms with Crippen LogP contribution in [0, 0.1) is 25.2 Å². The van der Waals surface area contributed by atoms with E-state index in [4.69, 9.17) is 0 Å². The van der Waals surface area contributed by atoms with E-state index < -0.39 is 0 Å². The summed E-state index contributed by atoms with van der Waals surface area (Å²) in [4.78, 5) is 14.1. The average molecular weight is 477 g/mol. The Morgan fingerprint density at radius 3 is 2.76 bits per heavy atom. The van der Waals surface area contributed by atoms with E-state index >= 15 is 0 Å². The molecule has 4 aromatic rings. The second kappa shape index (κ2) is 10.5. The molecule has 3 aromatic heterocycles. The van der Waals surface area contributed by atoms with Crippen LogP contribution in [0.5, 0.6) is 0 Å². The van der Waals surface area contributed by atoms with Gasteiger partial charge in [0, 0.05) is 23.7 Å². The zero-order valence-corrected chi connectivity index (χ0v) is 20.1. The number of aromatic nitrogens is 4. The maximum Gasteiger partial charge on any atom is 0.235 e. The summed E-state index contributed by atoms with van der Waals surface area (Å²) in [7, 11) is 0. The Kier molecular flexibility index (Phi) is 7.27. The van der Waals surface area contributed by atoms with Gasteiger partial charge in [-0.15, -0.1) is 21.5 Å². The van der Waals surface area contributed by atoms with E-state index in [2.05, 4.69) is 33.0 Å². The summed E-state index contributed by atoms with van der Waals surface area (Å²) in [6.07, 6.45) is 2.59. The number of nitrogens with one attached hydrogen (secondary N) is 1. The standard InChI is InChI=1S/C24H24N6OS2/c1-17-18(2)30(14-19-7-4-3-5-8-19)23(21(17)13-25)27-22(31)15-33-24-28-26-16-29(24)11-10-20-9-6-12-32-20/h3-9,12,16H,10-11,14-15H2,1-2H3,(H,27,31). The van der Waals surface area contributed by atoms with E-state index in [-0.39, 0.29) is 11.7 Å². The van der Waals surface area contributed by atoms with Gasteiger partial charge in [0.05, 0.1) is 11.3 Å². The second-order valence-electron chi connectivity index (χ2n) is 7.59. The SMILES string of the molecule is Cc1c(C#N)c(NC(=O)CSc2nncn2CCc2cccs2)n(Cc2ccccc2)c1C. The molecule has 0 radical (unpaired) electrons. The summed E-state index contributed by atoms with van der Waals surface area (Å²) in [5, 5.41) is 23.6. The van der Waals surface area contributed by atoms with Gasteiger partial charge in [0.2, 0.25) is 5.91 Å². The van der Waals surface area contributed by atoms with Crippen molar-refractivity contribution in [1.29, 1.82) is 5.26 Å². The Hall–Kier alpha value is -3.35. The molecular weight excluding hydrogens is 452 g/mol. The minimum atomic E-state index is -0.184. The molecule has 3 heterocycles. The topological polar surface area (TPSA) is 88.5 Å². The lowest BCUT2D eigenvalue weighted by Crippen LogP contribution is -2.19. The molecule has 9 heteroatoms. The molecule has 1 amide bonds. The number of nitrogens with zero attached hydrogens (tertiary/aromatic N) is 5. The maximum absolute atomic E-state index is 12.8. The molecule has 0 bridgehead atoms. The van der Waals surface area contributed by atoms with Crippen molar-refractivity contribution in [3.05, 3.63) is 81.4 Å². The molecule has 1 aromatic carbocycles. The fourth-order valence-corrected chi connectivity index (χ4v) is 5.03. The van der Waals surface area contributed by atoms with Crippen molar-refractivity contribution in [3.8, 4) is 6.07 Å². The zero-order chi connectivity index (χ0) is 23.2. The van der Waals surface area contributed by atoms with Crippen molar-refractivity contribution in [2.24, 2.45) is 0 Å². The number of hydrogen-bond donors (Lipinski definition) is 1. The van der Waals surface area contributed by atoms with Crippen LogP contribution in [0.1, 0.15) is 27.3 Å². The monoisotopic (exact) mass is 476 g/mol. The third-order valence-corrected chi connectivity index (χ3v) is 7.39. The number of thiophene rings is 1. The number of rotatable bonds is 9. The number of carbonyl (C=O) groups is 1. The normalized spacial score (nSPS) is 10.8. The van der Waals surface area contributed by atoms with E-state index in [0.717, 1.165) is 29.8 Å². The summed E-state index contributed by atoms with van der Waals surface area (Å²) in [5.41, 5.74) is 3.45. The van der Waals surface area contributed by atoms with Gasteiger partial charge >= 0.3 is 0 Å². The second-order valence-corrected chi connectivity index (χ2v) is 9.57. The van der Waals surface area contributed by atoms with Crippen LogP contribution < -0.4 is 5.32 Å². The van der Waals surface area contributed by atoms with Crippen LogP contribution in [0.4, 0.5) is 5.82 Å². The van der Waals surface area contributed by atoms with Gasteiger partial charge in [-0.2, -0.15) is 5.26 Å². The van der Waals surface area contributed by atoms with Gasteiger partial charge in [0.25, 0.3) is 0 Å². The van der Waals surface area contributed by atoms with E-state index in [1.165, 1.54) is 16.6 Å². The lowest BCUT2D eigenvalue weighted by atomic mass is 10.2. The predicted molar refractivity (Wildman–Crippen MR) is 132 cm³/mol. The summed E-state index contributed by atoms with van der Waals surface area (Å²) in [6.45, 7) is 5.22. The van der Waals surface area contributed by atoms with Crippen molar-refractivity contribution < 1.29 is 4.79 Å². The molecule has 0 saturated heterocycles. The molecule has 0 saturated carbocycles. The number of carbonyl (C=O) groups excluding carboxylic acids is 1. The molecule has 4 rings (SSSR count). The van der Waals surface area contributed by atoms with Crippen LogP contribution in [-0.4, -0.2) is 31.0 Å². The van der Waals surface area contributed by atoms with Crippen molar-refractivity contribution in [1.82, 2.24) is 19.3 Å². The van der Waals surface area contributed by atoms with Gasteiger partial charge in [-0.25, -0.2) is 0 Å². The van der Waals surface area contributed by atoms with Gasteiger partial charge in [-0.3, -0.25) is 4.79 Å². The Morgan fingerprint density at radius 1 is 1.21 bits per heavy atom. The van der Waals surface area contributed by atoms with Crippen molar-refractivity contribution in [2.75, 3.05) is 11.1 Å². The molecule has 0 spiro atoms. The largest absolute Gasteiger partial charge is 0.326 e. The first kappa shape index (κ1) is 22.8. The lowest BCUT2D eigenvalue weighted by molar-refractivity contribution is -0.113. The zero-order valence-electron chi connectivity index (χ0n) is 18.5. The van der Waals surface area contributed by atoms with E-state index in [0.29, 0.717) is 23.1 Å². The predicted octanol–water partition coefficient (Wildman–Crippen LogP) is 4.65. The molecule has 1 N–H and O–H groups in total. The van der Waals surface area contributed by atoms with Crippen molar-refractivity contribution in [2.45, 2.75) is 38.5 Å². The van der Waals surface area contributed by atoms with E-state index in [9.17, 15) is 10.1 Å². The number of aryl methyl sites for hydroxylation is 2. The van der Waals surface area contributed by atoms with Crippen molar-refractivity contribution >= 4 is 34.8 Å². The first-order chi connectivity index (χ1) is 16.1. The molecule has 7 nitrogen and oxygen atoms in total. The van der Waals surface area contributed by atoms with Crippen LogP contribution in [0.2, 0.25) is 0 Å². The minimum Gasteiger partial charge on any atom is -0.326 e. The smallest absolute Gasteiger partial charge is 0.235 e. The number of amides is 1. The van der Waals surface area contributed by atoms with E-state index in [1.807, 2.05) is 59.4 Å². The number of thioether (sulfide) groups is 1. The van der Waals surface area contributed by atoms with Gasteiger partial charge in [-0.05, 0) is 42.8 Å². The van der Waals surface area contributed by atoms with E-state index in [1.54, 1.807) is 17.7 Å². The quantitative estimate of drug-likeness (QED) is 0.355. The fraction of sp³-hybridized carbons (Fsp3) is 0.250. The Morgan fingerprint density at radius 2 is 2.03 bits per heavy atom. The highest BCUT2D eigenvalue weighted by atomic mass is 32.2. The molecule has 0 aliphatic rings. The molecule has 0 unspecified atom stereocenters. The third kappa shape index (κ3) is 5.35. The summed E-state index contributed by atoms with van der Waals surface area (Å²) >= 11 is 3.07. The van der Waals surface area contributed by atoms with Gasteiger partial charge < -0.3 is 14.5 Å². The first-order valence-corrected chi connectivity index (χ1v) is 12.4.